The highest BCUT2D eigenvalue weighted by Gasteiger charge is 2.15. The number of thiazole rings is 1. The van der Waals surface area contributed by atoms with Gasteiger partial charge in [0, 0.05) is 27.1 Å². The van der Waals surface area contributed by atoms with Gasteiger partial charge in [0.25, 0.3) is 0 Å². The quantitative estimate of drug-likeness (QED) is 0.749. The summed E-state index contributed by atoms with van der Waals surface area (Å²) in [6.07, 6.45) is 3.88. The first-order valence-electron chi connectivity index (χ1n) is 6.26. The fourth-order valence-corrected chi connectivity index (χ4v) is 3.43. The van der Waals surface area contributed by atoms with Gasteiger partial charge in [-0.15, -0.1) is 11.3 Å². The number of rotatable bonds is 6. The van der Waals surface area contributed by atoms with Gasteiger partial charge in [-0.1, -0.05) is 13.0 Å². The number of hydrogen-bond donors (Lipinski definition) is 1. The molecule has 0 bridgehead atoms. The molecule has 1 heterocycles. The van der Waals surface area contributed by atoms with Crippen molar-refractivity contribution < 1.29 is 4.39 Å². The summed E-state index contributed by atoms with van der Waals surface area (Å²) >= 11 is 3.86. The molecule has 0 saturated carbocycles. The van der Waals surface area contributed by atoms with Gasteiger partial charge in [0.1, 0.15) is 5.82 Å². The molecule has 2 aromatic rings. The summed E-state index contributed by atoms with van der Waals surface area (Å²) in [5.41, 5.74) is 3.01. The Morgan fingerprint density at radius 3 is 2.95 bits per heavy atom. The molecule has 1 unspecified atom stereocenters. The van der Waals surface area contributed by atoms with Crippen LogP contribution in [-0.4, -0.2) is 11.5 Å². The molecule has 0 saturated heterocycles. The molecule has 102 valence electrons. The second-order valence-corrected chi connectivity index (χ2v) is 6.48. The number of nitrogens with zero attached hydrogens (tertiary/aromatic N) is 1. The van der Waals surface area contributed by atoms with E-state index in [1.54, 1.807) is 17.4 Å². The third kappa shape index (κ3) is 4.22. The van der Waals surface area contributed by atoms with Crippen LogP contribution in [0.1, 0.15) is 29.8 Å². The first-order valence-corrected chi connectivity index (χ1v) is 8.22. The molecule has 1 aromatic heterocycles. The molecule has 0 amide bonds. The maximum absolute atomic E-state index is 13.2. The fraction of sp³-hybridized carbons (Fsp3) is 0.357. The Kier molecular flexibility index (Phi) is 5.72. The van der Waals surface area contributed by atoms with Gasteiger partial charge in [-0.3, -0.25) is 4.98 Å². The van der Waals surface area contributed by atoms with Crippen molar-refractivity contribution in [3.63, 3.8) is 0 Å². The number of benzene rings is 1. The summed E-state index contributed by atoms with van der Waals surface area (Å²) in [7, 11) is 0. The molecule has 0 radical (unpaired) electrons. The van der Waals surface area contributed by atoms with Gasteiger partial charge in [0.2, 0.25) is 0 Å². The van der Waals surface area contributed by atoms with Crippen LogP contribution in [-0.2, 0) is 6.42 Å². The highest BCUT2D eigenvalue weighted by molar-refractivity contribution is 14.1. The summed E-state index contributed by atoms with van der Waals surface area (Å²) in [5, 5.41) is 3.54. The summed E-state index contributed by atoms with van der Waals surface area (Å²) < 4.78 is 14.2. The Morgan fingerprint density at radius 2 is 2.32 bits per heavy atom. The van der Waals surface area contributed by atoms with E-state index < -0.39 is 0 Å². The van der Waals surface area contributed by atoms with Gasteiger partial charge in [0.15, 0.2) is 0 Å². The lowest BCUT2D eigenvalue weighted by Gasteiger charge is -2.19. The van der Waals surface area contributed by atoms with E-state index in [-0.39, 0.29) is 11.9 Å². The standard InChI is InChI=1S/C14H16FIN2S/c1-2-5-18-14(7-11-8-17-9-19-11)12-4-3-10(15)6-13(12)16/h3-4,6,8-9,14,18H,2,5,7H2,1H3. The highest BCUT2D eigenvalue weighted by Crippen LogP contribution is 2.25. The summed E-state index contributed by atoms with van der Waals surface area (Å²) in [6.45, 7) is 3.10. The van der Waals surface area contributed by atoms with Crippen molar-refractivity contribution >= 4 is 33.9 Å². The predicted octanol–water partition coefficient (Wildman–Crippen LogP) is 4.17. The van der Waals surface area contributed by atoms with E-state index in [4.69, 9.17) is 0 Å². The average molecular weight is 390 g/mol. The highest BCUT2D eigenvalue weighted by atomic mass is 127. The smallest absolute Gasteiger partial charge is 0.124 e. The molecule has 1 atom stereocenters. The summed E-state index contributed by atoms with van der Waals surface area (Å²) in [5.74, 6) is -0.180. The topological polar surface area (TPSA) is 24.9 Å². The van der Waals surface area contributed by atoms with E-state index in [2.05, 4.69) is 39.8 Å². The number of aromatic nitrogens is 1. The number of hydrogen-bond acceptors (Lipinski definition) is 3. The molecule has 0 aliphatic heterocycles. The van der Waals surface area contributed by atoms with Crippen molar-refractivity contribution in [3.05, 3.63) is 49.7 Å². The summed E-state index contributed by atoms with van der Waals surface area (Å²) in [6, 6.07) is 5.22. The Labute approximate surface area is 130 Å². The average Bonchev–Trinajstić information content (AvgIpc) is 2.88. The minimum absolute atomic E-state index is 0.180. The van der Waals surface area contributed by atoms with Gasteiger partial charge < -0.3 is 5.32 Å². The molecule has 0 aliphatic carbocycles. The molecule has 0 fully saturated rings. The van der Waals surface area contributed by atoms with E-state index in [1.165, 1.54) is 10.9 Å². The van der Waals surface area contributed by atoms with E-state index in [9.17, 15) is 4.39 Å². The fourth-order valence-electron chi connectivity index (χ4n) is 1.94. The second-order valence-electron chi connectivity index (χ2n) is 4.34. The third-order valence-electron chi connectivity index (χ3n) is 2.87. The van der Waals surface area contributed by atoms with Crippen LogP contribution in [0.4, 0.5) is 4.39 Å². The van der Waals surface area contributed by atoms with Crippen LogP contribution < -0.4 is 5.32 Å². The molecule has 0 aliphatic rings. The van der Waals surface area contributed by atoms with Gasteiger partial charge in [-0.05, 0) is 53.3 Å². The van der Waals surface area contributed by atoms with E-state index in [0.717, 1.165) is 28.5 Å². The predicted molar refractivity (Wildman–Crippen MR) is 86.0 cm³/mol. The molecular weight excluding hydrogens is 374 g/mol. The summed E-state index contributed by atoms with van der Waals surface area (Å²) in [4.78, 5) is 5.36. The van der Waals surface area contributed by atoms with Gasteiger partial charge in [0.05, 0.1) is 5.51 Å². The van der Waals surface area contributed by atoms with Gasteiger partial charge in [-0.2, -0.15) is 0 Å². The zero-order valence-corrected chi connectivity index (χ0v) is 13.7. The van der Waals surface area contributed by atoms with Crippen LogP contribution >= 0.6 is 33.9 Å². The molecule has 2 nitrogen and oxygen atoms in total. The first kappa shape index (κ1) is 14.9. The van der Waals surface area contributed by atoms with Crippen molar-refractivity contribution in [1.29, 1.82) is 0 Å². The van der Waals surface area contributed by atoms with Crippen LogP contribution in [0.15, 0.2) is 29.9 Å². The third-order valence-corrected chi connectivity index (χ3v) is 4.60. The zero-order chi connectivity index (χ0) is 13.7. The minimum atomic E-state index is -0.180. The van der Waals surface area contributed by atoms with E-state index in [1.807, 2.05) is 17.8 Å². The van der Waals surface area contributed by atoms with Crippen LogP contribution in [0, 0.1) is 9.39 Å². The van der Waals surface area contributed by atoms with Crippen LogP contribution in [0.2, 0.25) is 0 Å². The Hall–Kier alpha value is -0.530. The normalized spacial score (nSPS) is 12.6. The molecule has 2 rings (SSSR count). The van der Waals surface area contributed by atoms with E-state index >= 15 is 0 Å². The maximum atomic E-state index is 13.2. The molecule has 0 spiro atoms. The van der Waals surface area contributed by atoms with Crippen LogP contribution in [0.25, 0.3) is 0 Å². The van der Waals surface area contributed by atoms with Crippen molar-refractivity contribution in [3.8, 4) is 0 Å². The van der Waals surface area contributed by atoms with E-state index in [0.29, 0.717) is 0 Å². The Balaban J connectivity index is 2.20. The number of nitrogens with one attached hydrogen (secondary N) is 1. The maximum Gasteiger partial charge on any atom is 0.124 e. The minimum Gasteiger partial charge on any atom is -0.310 e. The van der Waals surface area contributed by atoms with Crippen molar-refractivity contribution in [1.82, 2.24) is 10.3 Å². The Morgan fingerprint density at radius 1 is 1.47 bits per heavy atom. The van der Waals surface area contributed by atoms with Crippen LogP contribution in [0.5, 0.6) is 0 Å². The van der Waals surface area contributed by atoms with Crippen molar-refractivity contribution in [2.24, 2.45) is 0 Å². The lowest BCUT2D eigenvalue weighted by molar-refractivity contribution is 0.528. The Bertz CT molecular complexity index is 516. The van der Waals surface area contributed by atoms with Crippen molar-refractivity contribution in [2.45, 2.75) is 25.8 Å². The van der Waals surface area contributed by atoms with Crippen LogP contribution in [0.3, 0.4) is 0 Å². The van der Waals surface area contributed by atoms with Crippen molar-refractivity contribution in [2.75, 3.05) is 6.54 Å². The lowest BCUT2D eigenvalue weighted by atomic mass is 10.0. The molecular formula is C14H16FIN2S. The molecule has 5 heteroatoms. The number of halogens is 2. The SMILES string of the molecule is CCCNC(Cc1cncs1)c1ccc(F)cc1I. The largest absolute Gasteiger partial charge is 0.310 e. The lowest BCUT2D eigenvalue weighted by Crippen LogP contribution is -2.24. The first-order chi connectivity index (χ1) is 9.20. The zero-order valence-electron chi connectivity index (χ0n) is 10.7. The van der Waals surface area contributed by atoms with Gasteiger partial charge in [-0.25, -0.2) is 4.39 Å². The second kappa shape index (κ2) is 7.31. The van der Waals surface area contributed by atoms with Gasteiger partial charge >= 0.3 is 0 Å². The molecule has 19 heavy (non-hydrogen) atoms. The molecule has 1 aromatic carbocycles. The monoisotopic (exact) mass is 390 g/mol. The molecule has 1 N–H and O–H groups in total.